The van der Waals surface area contributed by atoms with Crippen LogP contribution in [-0.2, 0) is 11.3 Å². The normalized spacial score (nSPS) is 10.8. The van der Waals surface area contributed by atoms with Gasteiger partial charge in [-0.3, -0.25) is 0 Å². The van der Waals surface area contributed by atoms with Crippen LogP contribution in [0.4, 0.5) is 5.69 Å². The molecule has 0 aliphatic rings. The Hall–Kier alpha value is -1.59. The molecule has 1 heterocycles. The summed E-state index contributed by atoms with van der Waals surface area (Å²) in [5.74, 6) is 0.876. The zero-order valence-corrected chi connectivity index (χ0v) is 10.8. The first-order valence-electron chi connectivity index (χ1n) is 5.66. The molecule has 6 heteroatoms. The van der Waals surface area contributed by atoms with E-state index in [1.807, 2.05) is 6.92 Å². The van der Waals surface area contributed by atoms with Crippen molar-refractivity contribution in [2.75, 3.05) is 12.3 Å². The average Bonchev–Trinajstić information content (AvgIpc) is 2.78. The van der Waals surface area contributed by atoms with E-state index >= 15 is 0 Å². The van der Waals surface area contributed by atoms with Gasteiger partial charge in [0.05, 0.1) is 10.6 Å². The van der Waals surface area contributed by atoms with Gasteiger partial charge in [0.1, 0.15) is 6.61 Å². The number of anilines is 1. The summed E-state index contributed by atoms with van der Waals surface area (Å²) in [6.07, 6.45) is 0.953. The van der Waals surface area contributed by atoms with Gasteiger partial charge in [-0.25, -0.2) is 0 Å². The monoisotopic (exact) mass is 267 g/mol. The number of nitrogen functional groups attached to an aromatic ring is 1. The number of aromatic nitrogens is 2. The van der Waals surface area contributed by atoms with Crippen LogP contribution in [0.25, 0.3) is 11.5 Å². The van der Waals surface area contributed by atoms with Crippen LogP contribution in [0.15, 0.2) is 22.7 Å². The Bertz CT molecular complexity index is 528. The summed E-state index contributed by atoms with van der Waals surface area (Å²) in [7, 11) is 0. The molecular weight excluding hydrogens is 254 g/mol. The second kappa shape index (κ2) is 5.84. The van der Waals surface area contributed by atoms with Crippen LogP contribution in [0.2, 0.25) is 5.02 Å². The largest absolute Gasteiger partial charge is 0.399 e. The number of rotatable bonds is 5. The zero-order chi connectivity index (χ0) is 13.0. The van der Waals surface area contributed by atoms with E-state index in [2.05, 4.69) is 10.1 Å². The zero-order valence-electron chi connectivity index (χ0n) is 10.0. The van der Waals surface area contributed by atoms with Crippen molar-refractivity contribution in [3.05, 3.63) is 29.0 Å². The van der Waals surface area contributed by atoms with Crippen LogP contribution < -0.4 is 5.73 Å². The molecule has 0 aliphatic carbocycles. The molecule has 0 bridgehead atoms. The molecule has 5 nitrogen and oxygen atoms in total. The van der Waals surface area contributed by atoms with E-state index in [1.54, 1.807) is 18.2 Å². The molecule has 0 amide bonds. The molecule has 0 spiro atoms. The smallest absolute Gasteiger partial charge is 0.259 e. The van der Waals surface area contributed by atoms with Crippen molar-refractivity contribution in [2.45, 2.75) is 20.0 Å². The fraction of sp³-hybridized carbons (Fsp3) is 0.333. The first-order valence-corrected chi connectivity index (χ1v) is 6.04. The predicted molar refractivity (Wildman–Crippen MR) is 69.1 cm³/mol. The minimum Gasteiger partial charge on any atom is -0.399 e. The molecule has 2 aromatic rings. The molecule has 96 valence electrons. The lowest BCUT2D eigenvalue weighted by atomic mass is 10.2. The molecule has 0 aliphatic heterocycles. The molecule has 1 aromatic heterocycles. The maximum atomic E-state index is 6.06. The summed E-state index contributed by atoms with van der Waals surface area (Å²) >= 11 is 6.06. The highest BCUT2D eigenvalue weighted by Crippen LogP contribution is 2.28. The van der Waals surface area contributed by atoms with Crippen molar-refractivity contribution >= 4 is 17.3 Å². The van der Waals surface area contributed by atoms with Crippen molar-refractivity contribution in [2.24, 2.45) is 0 Å². The third-order valence-electron chi connectivity index (χ3n) is 2.27. The third kappa shape index (κ3) is 3.00. The Morgan fingerprint density at radius 1 is 1.44 bits per heavy atom. The van der Waals surface area contributed by atoms with Gasteiger partial charge in [0.25, 0.3) is 5.89 Å². The number of ether oxygens (including phenoxy) is 1. The Morgan fingerprint density at radius 3 is 3.00 bits per heavy atom. The SMILES string of the molecule is CCCOCc1noc(-c2ccc(N)cc2Cl)n1. The van der Waals surface area contributed by atoms with Crippen molar-refractivity contribution < 1.29 is 9.26 Å². The maximum Gasteiger partial charge on any atom is 0.259 e. The average molecular weight is 268 g/mol. The van der Waals surface area contributed by atoms with Crippen molar-refractivity contribution in [3.63, 3.8) is 0 Å². The number of hydrogen-bond donors (Lipinski definition) is 1. The molecule has 2 rings (SSSR count). The highest BCUT2D eigenvalue weighted by molar-refractivity contribution is 6.33. The first kappa shape index (κ1) is 12.9. The van der Waals surface area contributed by atoms with E-state index in [-0.39, 0.29) is 0 Å². The van der Waals surface area contributed by atoms with Gasteiger partial charge < -0.3 is 15.0 Å². The minimum atomic E-state index is 0.337. The van der Waals surface area contributed by atoms with Crippen molar-refractivity contribution in [3.8, 4) is 11.5 Å². The molecule has 0 saturated carbocycles. The van der Waals surface area contributed by atoms with Crippen LogP contribution >= 0.6 is 11.6 Å². The molecule has 1 aromatic carbocycles. The van der Waals surface area contributed by atoms with Gasteiger partial charge in [-0.15, -0.1) is 0 Å². The lowest BCUT2D eigenvalue weighted by Gasteiger charge is -1.99. The number of hydrogen-bond acceptors (Lipinski definition) is 5. The molecule has 0 atom stereocenters. The Morgan fingerprint density at radius 2 is 2.28 bits per heavy atom. The number of halogens is 1. The van der Waals surface area contributed by atoms with Crippen LogP contribution in [0, 0.1) is 0 Å². The lowest BCUT2D eigenvalue weighted by molar-refractivity contribution is 0.114. The Balaban J connectivity index is 2.13. The summed E-state index contributed by atoms with van der Waals surface area (Å²) in [6.45, 7) is 3.05. The van der Waals surface area contributed by atoms with Crippen molar-refractivity contribution in [1.29, 1.82) is 0 Å². The highest BCUT2D eigenvalue weighted by Gasteiger charge is 2.12. The number of nitrogens with zero attached hydrogens (tertiary/aromatic N) is 2. The van der Waals surface area contributed by atoms with E-state index < -0.39 is 0 Å². The topological polar surface area (TPSA) is 74.2 Å². The molecule has 0 unspecified atom stereocenters. The molecular formula is C12H14ClN3O2. The Labute approximate surface area is 110 Å². The fourth-order valence-corrected chi connectivity index (χ4v) is 1.70. The summed E-state index contributed by atoms with van der Waals surface area (Å²) in [4.78, 5) is 4.21. The highest BCUT2D eigenvalue weighted by atomic mass is 35.5. The van der Waals surface area contributed by atoms with Gasteiger partial charge in [-0.2, -0.15) is 4.98 Å². The number of nitrogens with two attached hydrogens (primary N) is 1. The van der Waals surface area contributed by atoms with Crippen LogP contribution in [0.5, 0.6) is 0 Å². The van der Waals surface area contributed by atoms with Gasteiger partial charge in [-0.1, -0.05) is 23.7 Å². The van der Waals surface area contributed by atoms with E-state index in [0.717, 1.165) is 6.42 Å². The summed E-state index contributed by atoms with van der Waals surface area (Å²) < 4.78 is 10.5. The molecule has 2 N–H and O–H groups in total. The van der Waals surface area contributed by atoms with Crippen LogP contribution in [0.3, 0.4) is 0 Å². The van der Waals surface area contributed by atoms with E-state index in [0.29, 0.717) is 41.2 Å². The van der Waals surface area contributed by atoms with Gasteiger partial charge in [0.2, 0.25) is 0 Å². The van der Waals surface area contributed by atoms with E-state index in [4.69, 9.17) is 26.6 Å². The minimum absolute atomic E-state index is 0.337. The van der Waals surface area contributed by atoms with Gasteiger partial charge in [0, 0.05) is 12.3 Å². The van der Waals surface area contributed by atoms with Crippen LogP contribution in [-0.4, -0.2) is 16.7 Å². The molecule has 18 heavy (non-hydrogen) atoms. The molecule has 0 radical (unpaired) electrons. The van der Waals surface area contributed by atoms with E-state index in [1.165, 1.54) is 0 Å². The summed E-state index contributed by atoms with van der Waals surface area (Å²) in [6, 6.07) is 5.13. The van der Waals surface area contributed by atoms with E-state index in [9.17, 15) is 0 Å². The van der Waals surface area contributed by atoms with Gasteiger partial charge in [-0.05, 0) is 24.6 Å². The predicted octanol–water partition coefficient (Wildman–Crippen LogP) is 2.90. The Kier molecular flexibility index (Phi) is 4.17. The van der Waals surface area contributed by atoms with Crippen LogP contribution in [0.1, 0.15) is 19.2 Å². The standard InChI is InChI=1S/C12H14ClN3O2/c1-2-5-17-7-11-15-12(18-16-11)9-4-3-8(14)6-10(9)13/h3-4,6H,2,5,7,14H2,1H3. The molecule has 0 saturated heterocycles. The number of benzene rings is 1. The van der Waals surface area contributed by atoms with Crippen molar-refractivity contribution in [1.82, 2.24) is 10.1 Å². The molecule has 0 fully saturated rings. The maximum absolute atomic E-state index is 6.06. The third-order valence-corrected chi connectivity index (χ3v) is 2.58. The summed E-state index contributed by atoms with van der Waals surface area (Å²) in [5.41, 5.74) is 6.88. The van der Waals surface area contributed by atoms with Gasteiger partial charge >= 0.3 is 0 Å². The second-order valence-corrected chi connectivity index (χ2v) is 4.21. The first-order chi connectivity index (χ1) is 8.70. The fourth-order valence-electron chi connectivity index (χ4n) is 1.43. The van der Waals surface area contributed by atoms with Gasteiger partial charge in [0.15, 0.2) is 5.82 Å². The lowest BCUT2D eigenvalue weighted by Crippen LogP contribution is -1.95. The quantitative estimate of drug-likeness (QED) is 0.666. The second-order valence-electron chi connectivity index (χ2n) is 3.81. The summed E-state index contributed by atoms with van der Waals surface area (Å²) in [5, 5.41) is 4.31.